The fourth-order valence-corrected chi connectivity index (χ4v) is 5.38. The molecule has 0 fully saturated rings. The number of carbonyl (C=O) groups is 1. The van der Waals surface area contributed by atoms with Crippen LogP contribution < -0.4 is 5.32 Å². The molecule has 34 heavy (non-hydrogen) atoms. The number of halogens is 1. The van der Waals surface area contributed by atoms with Crippen LogP contribution in [0, 0.1) is 5.82 Å². The third kappa shape index (κ3) is 4.08. The van der Waals surface area contributed by atoms with E-state index in [0.29, 0.717) is 17.7 Å². The number of carbonyl (C=O) groups excluding carboxylic acids is 1. The third-order valence-corrected chi connectivity index (χ3v) is 7.52. The van der Waals surface area contributed by atoms with Gasteiger partial charge in [0.1, 0.15) is 5.82 Å². The average molecular weight is 477 g/mol. The first-order valence-electron chi connectivity index (χ1n) is 10.7. The van der Waals surface area contributed by atoms with Gasteiger partial charge in [0.2, 0.25) is 0 Å². The number of para-hydroxylation sites is 1. The van der Waals surface area contributed by atoms with Gasteiger partial charge in [0.15, 0.2) is 0 Å². The summed E-state index contributed by atoms with van der Waals surface area (Å²) < 4.78 is 46.6. The van der Waals surface area contributed by atoms with Crippen LogP contribution in [0.5, 0.6) is 0 Å². The summed E-state index contributed by atoms with van der Waals surface area (Å²) >= 11 is 0. The lowest BCUT2D eigenvalue weighted by Crippen LogP contribution is -2.22. The lowest BCUT2D eigenvalue weighted by molar-refractivity contribution is 0.0951. The van der Waals surface area contributed by atoms with E-state index in [0.717, 1.165) is 16.5 Å². The molecule has 0 bridgehead atoms. The summed E-state index contributed by atoms with van der Waals surface area (Å²) in [7, 11) is -3.89. The van der Waals surface area contributed by atoms with Crippen LogP contribution in [0.25, 0.3) is 10.9 Å². The highest BCUT2D eigenvalue weighted by Crippen LogP contribution is 2.33. The Kier molecular flexibility index (Phi) is 5.67. The van der Waals surface area contributed by atoms with Gasteiger partial charge in [-0.05, 0) is 59.7 Å². The second-order valence-electron chi connectivity index (χ2n) is 8.00. The Morgan fingerprint density at radius 3 is 2.47 bits per heavy atom. The van der Waals surface area contributed by atoms with Crippen molar-refractivity contribution in [2.75, 3.05) is 6.61 Å². The first kappa shape index (κ1) is 21.9. The molecular formula is C26H21FN2O4S. The van der Waals surface area contributed by atoms with Crippen LogP contribution >= 0.6 is 0 Å². The van der Waals surface area contributed by atoms with Gasteiger partial charge in [-0.15, -0.1) is 0 Å². The molecule has 172 valence electrons. The van der Waals surface area contributed by atoms with E-state index in [1.807, 2.05) is 18.2 Å². The Hall–Kier alpha value is -3.91. The zero-order chi connectivity index (χ0) is 23.7. The van der Waals surface area contributed by atoms with Gasteiger partial charge in [-0.1, -0.05) is 30.3 Å². The number of hydrogen-bond acceptors (Lipinski definition) is 4. The molecule has 1 N–H and O–H groups in total. The first-order chi connectivity index (χ1) is 16.4. The minimum atomic E-state index is -3.89. The molecule has 4 aromatic rings. The van der Waals surface area contributed by atoms with Crippen molar-refractivity contribution in [1.82, 2.24) is 9.29 Å². The summed E-state index contributed by atoms with van der Waals surface area (Å²) in [6, 6.07) is 19.0. The summed E-state index contributed by atoms with van der Waals surface area (Å²) in [5, 5.41) is 3.60. The van der Waals surface area contributed by atoms with E-state index >= 15 is 0 Å². The Morgan fingerprint density at radius 1 is 1.03 bits per heavy atom. The molecular weight excluding hydrogens is 455 g/mol. The highest BCUT2D eigenvalue weighted by molar-refractivity contribution is 7.90. The number of amides is 1. The Balaban J connectivity index is 1.40. The van der Waals surface area contributed by atoms with Crippen molar-refractivity contribution in [2.24, 2.45) is 0 Å². The van der Waals surface area contributed by atoms with Gasteiger partial charge in [-0.25, -0.2) is 16.8 Å². The largest absolute Gasteiger partial charge is 0.501 e. The predicted octanol–water partition coefficient (Wildman–Crippen LogP) is 4.57. The van der Waals surface area contributed by atoms with Crippen LogP contribution in [0.15, 0.2) is 96.2 Å². The molecule has 0 aliphatic carbocycles. The van der Waals surface area contributed by atoms with E-state index in [2.05, 4.69) is 5.32 Å². The molecule has 0 saturated carbocycles. The fraction of sp³-hybridized carbons (Fsp3) is 0.115. The summed E-state index contributed by atoms with van der Waals surface area (Å²) in [6.07, 6.45) is 5.19. The maximum Gasteiger partial charge on any atom is 0.268 e. The van der Waals surface area contributed by atoms with Crippen molar-refractivity contribution in [3.8, 4) is 0 Å². The molecule has 1 aromatic heterocycles. The van der Waals surface area contributed by atoms with E-state index in [4.69, 9.17) is 4.74 Å². The lowest BCUT2D eigenvalue weighted by atomic mass is 10.0. The molecule has 8 heteroatoms. The second-order valence-corrected chi connectivity index (χ2v) is 9.82. The number of hydrogen-bond donors (Lipinski definition) is 1. The van der Waals surface area contributed by atoms with Crippen LogP contribution in [-0.2, 0) is 21.3 Å². The van der Waals surface area contributed by atoms with Crippen molar-refractivity contribution >= 4 is 26.8 Å². The minimum Gasteiger partial charge on any atom is -0.501 e. The third-order valence-electron chi connectivity index (χ3n) is 5.83. The molecule has 0 spiro atoms. The molecule has 1 unspecified atom stereocenters. The zero-order valence-corrected chi connectivity index (χ0v) is 18.8. The topological polar surface area (TPSA) is 77.4 Å². The molecule has 1 aliphatic heterocycles. The molecule has 0 radical (unpaired) electrons. The number of ether oxygens (including phenoxy) is 1. The molecule has 3 aromatic carbocycles. The molecule has 1 amide bonds. The predicted molar refractivity (Wildman–Crippen MR) is 126 cm³/mol. The lowest BCUT2D eigenvalue weighted by Gasteiger charge is -2.09. The fourth-order valence-electron chi connectivity index (χ4n) is 4.01. The molecule has 2 heterocycles. The quantitative estimate of drug-likeness (QED) is 0.442. The van der Waals surface area contributed by atoms with E-state index in [1.165, 1.54) is 40.4 Å². The van der Waals surface area contributed by atoms with Gasteiger partial charge >= 0.3 is 0 Å². The van der Waals surface area contributed by atoms with Crippen molar-refractivity contribution in [2.45, 2.75) is 17.4 Å². The average Bonchev–Trinajstić information content (AvgIpc) is 3.52. The number of fused-ring (bicyclic) bond motifs is 1. The van der Waals surface area contributed by atoms with Crippen molar-refractivity contribution < 1.29 is 22.3 Å². The number of aromatic nitrogens is 1. The van der Waals surface area contributed by atoms with Crippen LogP contribution in [0.2, 0.25) is 0 Å². The van der Waals surface area contributed by atoms with E-state index < -0.39 is 10.0 Å². The number of nitrogens with zero attached hydrogens (tertiary/aromatic N) is 1. The number of benzene rings is 3. The Morgan fingerprint density at radius 2 is 1.76 bits per heavy atom. The van der Waals surface area contributed by atoms with Gasteiger partial charge in [-0.3, -0.25) is 4.79 Å². The van der Waals surface area contributed by atoms with Crippen LogP contribution in [0.4, 0.5) is 4.39 Å². The van der Waals surface area contributed by atoms with Gasteiger partial charge in [0.05, 0.1) is 23.3 Å². The van der Waals surface area contributed by atoms with E-state index in [1.54, 1.807) is 36.7 Å². The Labute approximate surface area is 196 Å². The first-order valence-corrected chi connectivity index (χ1v) is 12.1. The highest BCUT2D eigenvalue weighted by atomic mass is 32.2. The van der Waals surface area contributed by atoms with Gasteiger partial charge in [0.25, 0.3) is 15.9 Å². The highest BCUT2D eigenvalue weighted by Gasteiger charge is 2.25. The normalized spacial score (nSPS) is 15.4. The number of rotatable bonds is 6. The SMILES string of the molecule is O=C(NCc1ccc(F)cc1)c1ccc(S(=O)(=O)n2cc(C3C=COC3)c3ccccc32)cc1. The van der Waals surface area contributed by atoms with E-state index in [-0.39, 0.29) is 29.1 Å². The standard InChI is InChI=1S/C26H21FN2O4S/c27-21-9-5-18(6-10-21)15-28-26(30)19-7-11-22(12-8-19)34(31,32)29-16-24(20-13-14-33-17-20)23-3-1-2-4-25(23)29/h1-14,16,20H,15,17H2,(H,28,30). The summed E-state index contributed by atoms with van der Waals surface area (Å²) in [5.74, 6) is -0.717. The van der Waals surface area contributed by atoms with Gasteiger partial charge in [0, 0.05) is 29.6 Å². The minimum absolute atomic E-state index is 0.0199. The zero-order valence-electron chi connectivity index (χ0n) is 18.0. The van der Waals surface area contributed by atoms with Gasteiger partial charge < -0.3 is 10.1 Å². The second kappa shape index (κ2) is 8.79. The van der Waals surface area contributed by atoms with Crippen LogP contribution in [-0.4, -0.2) is 24.9 Å². The van der Waals surface area contributed by atoms with Gasteiger partial charge in [-0.2, -0.15) is 0 Å². The van der Waals surface area contributed by atoms with Crippen LogP contribution in [0.3, 0.4) is 0 Å². The Bertz CT molecular complexity index is 1490. The molecule has 6 nitrogen and oxygen atoms in total. The van der Waals surface area contributed by atoms with Crippen molar-refractivity contribution in [3.63, 3.8) is 0 Å². The molecule has 1 atom stereocenters. The number of nitrogens with one attached hydrogen (secondary N) is 1. The maximum atomic E-state index is 13.5. The maximum absolute atomic E-state index is 13.5. The molecule has 1 aliphatic rings. The monoisotopic (exact) mass is 476 g/mol. The molecule has 0 saturated heterocycles. The van der Waals surface area contributed by atoms with Crippen molar-refractivity contribution in [1.29, 1.82) is 0 Å². The summed E-state index contributed by atoms with van der Waals surface area (Å²) in [4.78, 5) is 12.6. The molecule has 5 rings (SSSR count). The van der Waals surface area contributed by atoms with Crippen LogP contribution in [0.1, 0.15) is 27.4 Å². The summed E-state index contributed by atoms with van der Waals surface area (Å²) in [5.41, 5.74) is 2.54. The summed E-state index contributed by atoms with van der Waals surface area (Å²) in [6.45, 7) is 0.701. The van der Waals surface area contributed by atoms with E-state index in [9.17, 15) is 17.6 Å². The van der Waals surface area contributed by atoms with Crippen molar-refractivity contribution in [3.05, 3.63) is 114 Å². The smallest absolute Gasteiger partial charge is 0.268 e.